The maximum atomic E-state index is 12.6. The molecule has 1 aliphatic rings. The molecule has 1 aliphatic heterocycles. The first-order valence-electron chi connectivity index (χ1n) is 8.26. The van der Waals surface area contributed by atoms with E-state index < -0.39 is 0 Å². The van der Waals surface area contributed by atoms with E-state index >= 15 is 0 Å². The molecule has 2 N–H and O–H groups in total. The van der Waals surface area contributed by atoms with Crippen molar-refractivity contribution in [2.75, 3.05) is 13.2 Å². The van der Waals surface area contributed by atoms with Gasteiger partial charge in [-0.1, -0.05) is 17.3 Å². The molecule has 1 aromatic heterocycles. The number of hydrogen-bond acceptors (Lipinski definition) is 6. The van der Waals surface area contributed by atoms with Gasteiger partial charge in [0.2, 0.25) is 0 Å². The van der Waals surface area contributed by atoms with Crippen LogP contribution in [0.25, 0.3) is 0 Å². The number of rotatable bonds is 5. The topological polar surface area (TPSA) is 93.8 Å². The Balaban J connectivity index is 1.69. The number of carbonyl (C=O) groups excluding carboxylic acids is 1. The van der Waals surface area contributed by atoms with Gasteiger partial charge in [0.25, 0.3) is 5.91 Å². The molecular weight excluding hydrogens is 324 g/mol. The molecule has 0 radical (unpaired) electrons. The Morgan fingerprint density at radius 2 is 2.12 bits per heavy atom. The molecule has 0 aliphatic carbocycles. The SMILES string of the molecule is Cc1noc(C)c1C(=O)NC1CCOCC1Oc1ccc(CO)cc1. The number of aliphatic hydroxyl groups excluding tert-OH is 1. The number of amides is 1. The Morgan fingerprint density at radius 1 is 1.36 bits per heavy atom. The lowest BCUT2D eigenvalue weighted by molar-refractivity contribution is -0.0135. The zero-order chi connectivity index (χ0) is 17.8. The molecule has 0 bridgehead atoms. The number of carbonyl (C=O) groups is 1. The van der Waals surface area contributed by atoms with Gasteiger partial charge in [-0.15, -0.1) is 0 Å². The van der Waals surface area contributed by atoms with Crippen LogP contribution in [-0.2, 0) is 11.3 Å². The van der Waals surface area contributed by atoms with Crippen LogP contribution in [0.5, 0.6) is 5.75 Å². The van der Waals surface area contributed by atoms with Crippen LogP contribution in [0.3, 0.4) is 0 Å². The summed E-state index contributed by atoms with van der Waals surface area (Å²) in [6, 6.07) is 7.03. The van der Waals surface area contributed by atoms with Crippen LogP contribution in [0.15, 0.2) is 28.8 Å². The molecule has 7 heteroatoms. The molecule has 2 atom stereocenters. The van der Waals surface area contributed by atoms with E-state index in [2.05, 4.69) is 10.5 Å². The number of ether oxygens (including phenoxy) is 2. The van der Waals surface area contributed by atoms with Crippen LogP contribution in [0.2, 0.25) is 0 Å². The molecule has 3 rings (SSSR count). The summed E-state index contributed by atoms with van der Waals surface area (Å²) in [7, 11) is 0. The third-order valence-electron chi connectivity index (χ3n) is 4.27. The third-order valence-corrected chi connectivity index (χ3v) is 4.27. The number of aliphatic hydroxyl groups is 1. The van der Waals surface area contributed by atoms with Crippen molar-refractivity contribution in [3.8, 4) is 5.75 Å². The average Bonchev–Trinajstić information content (AvgIpc) is 2.96. The highest BCUT2D eigenvalue weighted by molar-refractivity contribution is 5.96. The molecule has 1 amide bonds. The van der Waals surface area contributed by atoms with Crippen LogP contribution in [0, 0.1) is 13.8 Å². The van der Waals surface area contributed by atoms with Crippen molar-refractivity contribution in [3.05, 3.63) is 46.8 Å². The molecule has 2 unspecified atom stereocenters. The maximum Gasteiger partial charge on any atom is 0.257 e. The molecule has 1 saturated heterocycles. The maximum absolute atomic E-state index is 12.6. The Bertz CT molecular complexity index is 706. The van der Waals surface area contributed by atoms with Crippen LogP contribution in [0.1, 0.15) is 33.8 Å². The number of aromatic nitrogens is 1. The van der Waals surface area contributed by atoms with E-state index in [1.54, 1.807) is 38.1 Å². The lowest BCUT2D eigenvalue weighted by Crippen LogP contribution is -2.51. The van der Waals surface area contributed by atoms with E-state index in [-0.39, 0.29) is 24.7 Å². The number of benzene rings is 1. The molecule has 7 nitrogen and oxygen atoms in total. The minimum atomic E-state index is -0.293. The first-order chi connectivity index (χ1) is 12.1. The molecule has 2 aromatic rings. The molecule has 1 aromatic carbocycles. The molecule has 1 fully saturated rings. The van der Waals surface area contributed by atoms with Crippen molar-refractivity contribution < 1.29 is 23.9 Å². The van der Waals surface area contributed by atoms with Crippen molar-refractivity contribution in [2.45, 2.75) is 39.0 Å². The van der Waals surface area contributed by atoms with Gasteiger partial charge in [-0.05, 0) is 38.0 Å². The van der Waals surface area contributed by atoms with E-state index in [1.807, 2.05) is 0 Å². The van der Waals surface area contributed by atoms with Crippen LogP contribution in [0.4, 0.5) is 0 Å². The lowest BCUT2D eigenvalue weighted by atomic mass is 10.0. The number of nitrogens with zero attached hydrogens (tertiary/aromatic N) is 1. The molecule has 0 spiro atoms. The van der Waals surface area contributed by atoms with Crippen LogP contribution < -0.4 is 10.1 Å². The summed E-state index contributed by atoms with van der Waals surface area (Å²) in [5.41, 5.74) is 1.85. The Hall–Kier alpha value is -2.38. The van der Waals surface area contributed by atoms with Gasteiger partial charge in [-0.2, -0.15) is 0 Å². The van der Waals surface area contributed by atoms with E-state index in [4.69, 9.17) is 19.1 Å². The van der Waals surface area contributed by atoms with Gasteiger partial charge in [0.15, 0.2) is 0 Å². The summed E-state index contributed by atoms with van der Waals surface area (Å²) in [4.78, 5) is 12.6. The summed E-state index contributed by atoms with van der Waals surface area (Å²) in [6.45, 7) is 4.41. The fraction of sp³-hybridized carbons (Fsp3) is 0.444. The van der Waals surface area contributed by atoms with Crippen molar-refractivity contribution in [1.29, 1.82) is 0 Å². The van der Waals surface area contributed by atoms with Crippen molar-refractivity contribution in [3.63, 3.8) is 0 Å². The van der Waals surface area contributed by atoms with Gasteiger partial charge in [-0.3, -0.25) is 4.79 Å². The zero-order valence-corrected chi connectivity index (χ0v) is 14.3. The second-order valence-electron chi connectivity index (χ2n) is 6.10. The minimum Gasteiger partial charge on any atom is -0.486 e. The van der Waals surface area contributed by atoms with Gasteiger partial charge >= 0.3 is 0 Å². The Morgan fingerprint density at radius 3 is 2.76 bits per heavy atom. The summed E-state index contributed by atoms with van der Waals surface area (Å²) in [6.07, 6.45) is 0.368. The lowest BCUT2D eigenvalue weighted by Gasteiger charge is -2.32. The normalized spacial score (nSPS) is 20.3. The Kier molecular flexibility index (Phi) is 5.35. The van der Waals surface area contributed by atoms with Crippen LogP contribution in [-0.4, -0.2) is 41.5 Å². The summed E-state index contributed by atoms with van der Waals surface area (Å²) in [5, 5.41) is 15.9. The predicted molar refractivity (Wildman–Crippen MR) is 89.4 cm³/mol. The third kappa shape index (κ3) is 4.00. The highest BCUT2D eigenvalue weighted by Crippen LogP contribution is 2.20. The summed E-state index contributed by atoms with van der Waals surface area (Å²) in [5.74, 6) is 0.954. The number of hydrogen-bond donors (Lipinski definition) is 2. The number of nitrogens with one attached hydrogen (secondary N) is 1. The first kappa shape index (κ1) is 17.4. The van der Waals surface area contributed by atoms with Gasteiger partial charge < -0.3 is 24.4 Å². The molecule has 2 heterocycles. The predicted octanol–water partition coefficient (Wildman–Crippen LogP) is 1.75. The fourth-order valence-corrected chi connectivity index (χ4v) is 2.89. The smallest absolute Gasteiger partial charge is 0.257 e. The fourth-order valence-electron chi connectivity index (χ4n) is 2.89. The van der Waals surface area contributed by atoms with Gasteiger partial charge in [0, 0.05) is 6.61 Å². The van der Waals surface area contributed by atoms with Crippen molar-refractivity contribution in [2.24, 2.45) is 0 Å². The monoisotopic (exact) mass is 346 g/mol. The van der Waals surface area contributed by atoms with Crippen molar-refractivity contribution in [1.82, 2.24) is 10.5 Å². The second-order valence-corrected chi connectivity index (χ2v) is 6.10. The molecule has 134 valence electrons. The number of aryl methyl sites for hydroxylation is 2. The van der Waals surface area contributed by atoms with Gasteiger partial charge in [0.1, 0.15) is 23.2 Å². The average molecular weight is 346 g/mol. The van der Waals surface area contributed by atoms with Crippen LogP contribution >= 0.6 is 0 Å². The van der Waals surface area contributed by atoms with E-state index in [9.17, 15) is 4.79 Å². The highest BCUT2D eigenvalue weighted by atomic mass is 16.5. The van der Waals surface area contributed by atoms with Gasteiger partial charge in [0.05, 0.1) is 24.9 Å². The van der Waals surface area contributed by atoms with E-state index in [0.717, 1.165) is 5.56 Å². The highest BCUT2D eigenvalue weighted by Gasteiger charge is 2.30. The van der Waals surface area contributed by atoms with E-state index in [0.29, 0.717) is 42.4 Å². The first-order valence-corrected chi connectivity index (χ1v) is 8.26. The van der Waals surface area contributed by atoms with Crippen molar-refractivity contribution >= 4 is 5.91 Å². The standard InChI is InChI=1S/C18H22N2O5/c1-11-17(12(2)25-20-11)18(22)19-15-7-8-23-10-16(15)24-14-5-3-13(9-21)4-6-14/h3-6,15-16,21H,7-10H2,1-2H3,(H,19,22). The zero-order valence-electron chi connectivity index (χ0n) is 14.3. The summed E-state index contributed by atoms with van der Waals surface area (Å²) < 4.78 is 16.6. The minimum absolute atomic E-state index is 0.0110. The quantitative estimate of drug-likeness (QED) is 0.857. The Labute approximate surface area is 145 Å². The molecular formula is C18H22N2O5. The largest absolute Gasteiger partial charge is 0.486 e. The summed E-state index contributed by atoms with van der Waals surface area (Å²) >= 11 is 0. The second kappa shape index (κ2) is 7.67. The van der Waals surface area contributed by atoms with Gasteiger partial charge in [-0.25, -0.2) is 0 Å². The molecule has 25 heavy (non-hydrogen) atoms. The molecule has 0 saturated carbocycles. The van der Waals surface area contributed by atoms with E-state index in [1.165, 1.54) is 0 Å².